The number of hydrogen-bond donors (Lipinski definition) is 1. The molecule has 1 aromatic carbocycles. The van der Waals surface area contributed by atoms with E-state index in [2.05, 4.69) is 15.9 Å². The summed E-state index contributed by atoms with van der Waals surface area (Å²) in [7, 11) is 0. The molecular formula is C14H17BrO4. The van der Waals surface area contributed by atoms with Gasteiger partial charge in [-0.15, -0.1) is 0 Å². The molecule has 0 aliphatic heterocycles. The first-order valence-corrected chi connectivity index (χ1v) is 6.90. The van der Waals surface area contributed by atoms with E-state index >= 15 is 0 Å². The highest BCUT2D eigenvalue weighted by atomic mass is 79.9. The number of carboxylic acids is 1. The van der Waals surface area contributed by atoms with Crippen molar-refractivity contribution < 1.29 is 19.4 Å². The van der Waals surface area contributed by atoms with Gasteiger partial charge in [-0.2, -0.15) is 0 Å². The van der Waals surface area contributed by atoms with Crippen LogP contribution in [0.2, 0.25) is 0 Å². The van der Waals surface area contributed by atoms with Gasteiger partial charge in [0.25, 0.3) is 0 Å². The minimum absolute atomic E-state index is 0.122. The molecule has 19 heavy (non-hydrogen) atoms. The quantitative estimate of drug-likeness (QED) is 0.644. The van der Waals surface area contributed by atoms with Crippen LogP contribution in [0.15, 0.2) is 28.7 Å². The minimum atomic E-state index is -1.52. The second kappa shape index (κ2) is 6.70. The molecule has 0 bridgehead atoms. The topological polar surface area (TPSA) is 63.6 Å². The number of carbonyl (C=O) groups excluding carboxylic acids is 1. The van der Waals surface area contributed by atoms with Gasteiger partial charge in [0.1, 0.15) is 0 Å². The highest BCUT2D eigenvalue weighted by Crippen LogP contribution is 2.30. The second-order valence-corrected chi connectivity index (χ2v) is 5.18. The zero-order valence-electron chi connectivity index (χ0n) is 11.0. The first-order valence-electron chi connectivity index (χ1n) is 6.11. The fourth-order valence-electron chi connectivity index (χ4n) is 1.92. The largest absolute Gasteiger partial charge is 0.480 e. The lowest BCUT2D eigenvalue weighted by Gasteiger charge is -2.25. The van der Waals surface area contributed by atoms with Crippen LogP contribution in [0.25, 0.3) is 0 Å². The van der Waals surface area contributed by atoms with Gasteiger partial charge in [-0.05, 0) is 37.5 Å². The lowest BCUT2D eigenvalue weighted by Crippen LogP contribution is -2.42. The van der Waals surface area contributed by atoms with E-state index in [-0.39, 0.29) is 19.4 Å². The van der Waals surface area contributed by atoms with E-state index in [0.717, 1.165) is 10.0 Å². The van der Waals surface area contributed by atoms with Crippen LogP contribution in [0.4, 0.5) is 0 Å². The molecule has 0 aromatic heterocycles. The molecule has 1 unspecified atom stereocenters. The van der Waals surface area contributed by atoms with Crippen molar-refractivity contribution in [1.82, 2.24) is 0 Å². The fraction of sp³-hybridized carbons (Fsp3) is 0.429. The van der Waals surface area contributed by atoms with Gasteiger partial charge in [-0.25, -0.2) is 0 Å². The van der Waals surface area contributed by atoms with E-state index in [9.17, 15) is 14.7 Å². The Morgan fingerprint density at radius 2 is 2.05 bits per heavy atom. The van der Waals surface area contributed by atoms with Gasteiger partial charge in [-0.1, -0.05) is 35.0 Å². The first kappa shape index (κ1) is 15.7. The number of halogens is 1. The smallest absolute Gasteiger partial charge is 0.323 e. The maximum Gasteiger partial charge on any atom is 0.323 e. The molecule has 0 spiro atoms. The Morgan fingerprint density at radius 3 is 2.53 bits per heavy atom. The number of hydrogen-bond acceptors (Lipinski definition) is 3. The third kappa shape index (κ3) is 3.56. The molecule has 1 N–H and O–H groups in total. The molecule has 0 fully saturated rings. The van der Waals surface area contributed by atoms with Crippen molar-refractivity contribution in [3.05, 3.63) is 34.3 Å². The Bertz CT molecular complexity index is 472. The number of carboxylic acid groups (broad SMARTS) is 1. The summed E-state index contributed by atoms with van der Waals surface area (Å²) in [5.41, 5.74) is -0.733. The Morgan fingerprint density at radius 1 is 1.37 bits per heavy atom. The van der Waals surface area contributed by atoms with Gasteiger partial charge >= 0.3 is 11.9 Å². The molecule has 0 aliphatic rings. The van der Waals surface area contributed by atoms with E-state index in [1.54, 1.807) is 19.9 Å². The summed E-state index contributed by atoms with van der Waals surface area (Å²) in [4.78, 5) is 23.6. The average molecular weight is 329 g/mol. The number of carbonyl (C=O) groups is 2. The van der Waals surface area contributed by atoms with E-state index in [4.69, 9.17) is 4.74 Å². The summed E-state index contributed by atoms with van der Waals surface area (Å²) in [6.07, 6.45) is 0.310. The van der Waals surface area contributed by atoms with Crippen molar-refractivity contribution in [3.63, 3.8) is 0 Å². The van der Waals surface area contributed by atoms with Crippen molar-refractivity contribution in [2.45, 2.75) is 26.7 Å². The monoisotopic (exact) mass is 328 g/mol. The summed E-state index contributed by atoms with van der Waals surface area (Å²) >= 11 is 3.33. The summed E-state index contributed by atoms with van der Waals surface area (Å²) in [6.45, 7) is 3.52. The molecule has 1 atom stereocenters. The molecule has 0 saturated heterocycles. The molecule has 5 heteroatoms. The number of esters is 1. The predicted octanol–water partition coefficient (Wildman–Crippen LogP) is 3.04. The van der Waals surface area contributed by atoms with E-state index in [0.29, 0.717) is 0 Å². The summed E-state index contributed by atoms with van der Waals surface area (Å²) < 4.78 is 5.78. The molecule has 0 aliphatic carbocycles. The highest BCUT2D eigenvalue weighted by molar-refractivity contribution is 9.10. The van der Waals surface area contributed by atoms with Crippen LogP contribution in [-0.4, -0.2) is 23.7 Å². The molecule has 1 aromatic rings. The Balaban J connectivity index is 3.10. The summed E-state index contributed by atoms with van der Waals surface area (Å²) in [5.74, 6) is -1.82. The Labute approximate surface area is 120 Å². The van der Waals surface area contributed by atoms with Gasteiger partial charge in [0.15, 0.2) is 5.41 Å². The fourth-order valence-corrected chi connectivity index (χ4v) is 2.37. The predicted molar refractivity (Wildman–Crippen MR) is 74.8 cm³/mol. The standard InChI is InChI=1S/C14H17BrO4/c1-3-14(12(16)17,13(18)19-4-2)9-10-6-5-7-11(15)8-10/h5-8H,3-4,9H2,1-2H3,(H,16,17). The molecule has 104 valence electrons. The lowest BCUT2D eigenvalue weighted by atomic mass is 9.79. The van der Waals surface area contributed by atoms with Crippen molar-refractivity contribution in [1.29, 1.82) is 0 Å². The van der Waals surface area contributed by atoms with E-state index < -0.39 is 17.4 Å². The SMILES string of the molecule is CCOC(=O)C(CC)(Cc1cccc(Br)c1)C(=O)O. The van der Waals surface area contributed by atoms with Crippen molar-refractivity contribution in [3.8, 4) is 0 Å². The van der Waals surface area contributed by atoms with Crippen LogP contribution < -0.4 is 0 Å². The van der Waals surface area contributed by atoms with Crippen molar-refractivity contribution in [2.24, 2.45) is 5.41 Å². The Kier molecular flexibility index (Phi) is 5.54. The highest BCUT2D eigenvalue weighted by Gasteiger charge is 2.46. The van der Waals surface area contributed by atoms with E-state index in [1.807, 2.05) is 18.2 Å². The number of aliphatic carboxylic acids is 1. The van der Waals surface area contributed by atoms with Crippen LogP contribution in [0.3, 0.4) is 0 Å². The van der Waals surface area contributed by atoms with Gasteiger partial charge in [0, 0.05) is 4.47 Å². The van der Waals surface area contributed by atoms with Crippen LogP contribution >= 0.6 is 15.9 Å². The number of rotatable bonds is 6. The van der Waals surface area contributed by atoms with Gasteiger partial charge < -0.3 is 9.84 Å². The molecule has 0 amide bonds. The van der Waals surface area contributed by atoms with Gasteiger partial charge in [0.2, 0.25) is 0 Å². The Hall–Kier alpha value is -1.36. The van der Waals surface area contributed by atoms with Crippen molar-refractivity contribution in [2.75, 3.05) is 6.61 Å². The molecule has 0 heterocycles. The molecule has 4 nitrogen and oxygen atoms in total. The average Bonchev–Trinajstić information content (AvgIpc) is 2.36. The van der Waals surface area contributed by atoms with Crippen LogP contribution in [-0.2, 0) is 20.7 Å². The maximum absolute atomic E-state index is 12.0. The zero-order chi connectivity index (χ0) is 14.5. The minimum Gasteiger partial charge on any atom is -0.480 e. The van der Waals surface area contributed by atoms with Gasteiger partial charge in [0.05, 0.1) is 6.61 Å². The van der Waals surface area contributed by atoms with Crippen LogP contribution in [0.5, 0.6) is 0 Å². The third-order valence-electron chi connectivity index (χ3n) is 3.07. The molecule has 0 radical (unpaired) electrons. The maximum atomic E-state index is 12.0. The normalized spacial score (nSPS) is 13.6. The first-order chi connectivity index (χ1) is 8.96. The molecule has 1 rings (SSSR count). The van der Waals surface area contributed by atoms with Crippen LogP contribution in [0.1, 0.15) is 25.8 Å². The molecular weight excluding hydrogens is 312 g/mol. The van der Waals surface area contributed by atoms with Crippen LogP contribution in [0, 0.1) is 5.41 Å². The lowest BCUT2D eigenvalue weighted by molar-refractivity contribution is -0.168. The van der Waals surface area contributed by atoms with E-state index in [1.165, 1.54) is 0 Å². The van der Waals surface area contributed by atoms with Crippen molar-refractivity contribution >= 4 is 27.9 Å². The number of ether oxygens (including phenoxy) is 1. The second-order valence-electron chi connectivity index (χ2n) is 4.27. The zero-order valence-corrected chi connectivity index (χ0v) is 12.6. The molecule has 0 saturated carbocycles. The summed E-state index contributed by atoms with van der Waals surface area (Å²) in [5, 5.41) is 9.44. The third-order valence-corrected chi connectivity index (χ3v) is 3.57. The summed E-state index contributed by atoms with van der Waals surface area (Å²) in [6, 6.07) is 7.28. The van der Waals surface area contributed by atoms with Gasteiger partial charge in [-0.3, -0.25) is 9.59 Å². The number of benzene rings is 1.